The molecule has 0 aliphatic carbocycles. The third-order valence-corrected chi connectivity index (χ3v) is 7.92. The molecule has 1 saturated heterocycles. The SMILES string of the molecule is Cc1ccc(S(=O)(=O)N(c2cccc(OC(F)(F)F)c2)C2CCN(Cc3ccccc3)CC2)cc1. The molecule has 4 rings (SSSR count). The lowest BCUT2D eigenvalue weighted by atomic mass is 10.0. The molecule has 1 heterocycles. The molecule has 5 nitrogen and oxygen atoms in total. The maximum atomic E-state index is 13.8. The first kappa shape index (κ1) is 25.1. The van der Waals surface area contributed by atoms with Crippen LogP contribution in [0.4, 0.5) is 18.9 Å². The third kappa shape index (κ3) is 6.35. The van der Waals surface area contributed by atoms with Crippen LogP contribution in [0.3, 0.4) is 0 Å². The van der Waals surface area contributed by atoms with Gasteiger partial charge in [0.1, 0.15) is 5.75 Å². The molecule has 35 heavy (non-hydrogen) atoms. The van der Waals surface area contributed by atoms with Crippen molar-refractivity contribution in [3.63, 3.8) is 0 Å². The van der Waals surface area contributed by atoms with E-state index in [1.807, 2.05) is 37.3 Å². The highest BCUT2D eigenvalue weighted by molar-refractivity contribution is 7.92. The Labute approximate surface area is 203 Å². The molecule has 0 atom stereocenters. The fraction of sp³-hybridized carbons (Fsp3) is 0.308. The van der Waals surface area contributed by atoms with Crippen molar-refractivity contribution in [2.24, 2.45) is 0 Å². The number of ether oxygens (including phenoxy) is 1. The molecule has 9 heteroatoms. The van der Waals surface area contributed by atoms with Crippen molar-refractivity contribution < 1.29 is 26.3 Å². The van der Waals surface area contributed by atoms with Crippen LogP contribution in [0.5, 0.6) is 5.75 Å². The summed E-state index contributed by atoms with van der Waals surface area (Å²) >= 11 is 0. The standard InChI is InChI=1S/C26H27F3N2O3S/c1-20-10-12-25(13-11-20)35(32,33)31(23-8-5-9-24(18-23)34-26(27,28)29)22-14-16-30(17-15-22)19-21-6-3-2-4-7-21/h2-13,18,22H,14-17,19H2,1H3. The van der Waals surface area contributed by atoms with Crippen LogP contribution in [0.2, 0.25) is 0 Å². The molecule has 1 fully saturated rings. The van der Waals surface area contributed by atoms with Gasteiger partial charge in [-0.05, 0) is 49.6 Å². The maximum Gasteiger partial charge on any atom is 0.573 e. The first-order chi connectivity index (χ1) is 16.6. The number of piperidine rings is 1. The molecule has 0 amide bonds. The van der Waals surface area contributed by atoms with Crippen molar-refractivity contribution in [1.29, 1.82) is 0 Å². The predicted octanol–water partition coefficient (Wildman–Crippen LogP) is 5.75. The Balaban J connectivity index is 1.63. The minimum Gasteiger partial charge on any atom is -0.406 e. The maximum absolute atomic E-state index is 13.8. The van der Waals surface area contributed by atoms with Crippen molar-refractivity contribution in [2.45, 2.75) is 43.6 Å². The molecule has 1 aliphatic rings. The van der Waals surface area contributed by atoms with Crippen molar-refractivity contribution in [2.75, 3.05) is 17.4 Å². The van der Waals surface area contributed by atoms with Crippen LogP contribution in [0, 0.1) is 6.92 Å². The zero-order valence-corrected chi connectivity index (χ0v) is 20.1. The zero-order valence-electron chi connectivity index (χ0n) is 19.3. The summed E-state index contributed by atoms with van der Waals surface area (Å²) in [7, 11) is -4.03. The highest BCUT2D eigenvalue weighted by atomic mass is 32.2. The van der Waals surface area contributed by atoms with Crippen molar-refractivity contribution in [3.05, 3.63) is 90.0 Å². The lowest BCUT2D eigenvalue weighted by Gasteiger charge is -2.39. The molecule has 3 aromatic rings. The molecule has 0 saturated carbocycles. The number of anilines is 1. The fourth-order valence-corrected chi connectivity index (χ4v) is 6.04. The minimum absolute atomic E-state index is 0.0944. The van der Waals surface area contributed by atoms with E-state index in [1.54, 1.807) is 12.1 Å². The lowest BCUT2D eigenvalue weighted by Crippen LogP contribution is -2.47. The second-order valence-electron chi connectivity index (χ2n) is 8.65. The Kier molecular flexibility index (Phi) is 7.37. The lowest BCUT2D eigenvalue weighted by molar-refractivity contribution is -0.274. The first-order valence-electron chi connectivity index (χ1n) is 11.3. The Morgan fingerprint density at radius 1 is 0.943 bits per heavy atom. The van der Waals surface area contributed by atoms with Crippen LogP contribution >= 0.6 is 0 Å². The van der Waals surface area contributed by atoms with Crippen LogP contribution in [0.25, 0.3) is 0 Å². The van der Waals surface area contributed by atoms with Crippen LogP contribution in [-0.2, 0) is 16.6 Å². The van der Waals surface area contributed by atoms with Gasteiger partial charge in [0.2, 0.25) is 0 Å². The molecule has 3 aromatic carbocycles. The van der Waals surface area contributed by atoms with Gasteiger partial charge in [-0.1, -0.05) is 54.1 Å². The number of likely N-dealkylation sites (tertiary alicyclic amines) is 1. The fourth-order valence-electron chi connectivity index (χ4n) is 4.34. The monoisotopic (exact) mass is 504 g/mol. The molecule has 0 aromatic heterocycles. The summed E-state index contributed by atoms with van der Waals surface area (Å²) in [6.45, 7) is 3.94. The number of rotatable bonds is 7. The normalized spacial score (nSPS) is 15.7. The summed E-state index contributed by atoms with van der Waals surface area (Å²) in [5.74, 6) is -0.458. The molecule has 0 radical (unpaired) electrons. The van der Waals surface area contributed by atoms with Crippen molar-refractivity contribution >= 4 is 15.7 Å². The first-order valence-corrected chi connectivity index (χ1v) is 12.8. The summed E-state index contributed by atoms with van der Waals surface area (Å²) in [6.07, 6.45) is -3.79. The van der Waals surface area contributed by atoms with E-state index in [0.717, 1.165) is 24.2 Å². The second kappa shape index (κ2) is 10.3. The summed E-state index contributed by atoms with van der Waals surface area (Å²) in [5.41, 5.74) is 2.23. The average Bonchev–Trinajstić information content (AvgIpc) is 2.80. The van der Waals surface area contributed by atoms with Gasteiger partial charge in [0.05, 0.1) is 10.6 Å². The Morgan fingerprint density at radius 2 is 1.60 bits per heavy atom. The van der Waals surface area contributed by atoms with Gasteiger partial charge in [-0.15, -0.1) is 13.2 Å². The number of nitrogens with zero attached hydrogens (tertiary/aromatic N) is 2. The van der Waals surface area contributed by atoms with Gasteiger partial charge in [0.15, 0.2) is 0 Å². The van der Waals surface area contributed by atoms with Crippen LogP contribution in [0.1, 0.15) is 24.0 Å². The van der Waals surface area contributed by atoms with Crippen molar-refractivity contribution in [1.82, 2.24) is 4.90 Å². The summed E-state index contributed by atoms with van der Waals surface area (Å²) < 4.78 is 71.3. The van der Waals surface area contributed by atoms with E-state index in [0.29, 0.717) is 25.9 Å². The number of aryl methyl sites for hydroxylation is 1. The number of halogens is 3. The largest absolute Gasteiger partial charge is 0.573 e. The molecular formula is C26H27F3N2O3S. The highest BCUT2D eigenvalue weighted by Gasteiger charge is 2.35. The van der Waals surface area contributed by atoms with Crippen LogP contribution < -0.4 is 9.04 Å². The van der Waals surface area contributed by atoms with Crippen LogP contribution in [-0.4, -0.2) is 38.8 Å². The van der Waals surface area contributed by atoms with Gasteiger partial charge >= 0.3 is 6.36 Å². The van der Waals surface area contributed by atoms with Gasteiger partial charge in [0, 0.05) is 31.7 Å². The summed E-state index contributed by atoms with van der Waals surface area (Å²) in [6, 6.07) is 21.2. The smallest absolute Gasteiger partial charge is 0.406 e. The number of hydrogen-bond donors (Lipinski definition) is 0. The molecule has 186 valence electrons. The van der Waals surface area contributed by atoms with E-state index < -0.39 is 28.2 Å². The second-order valence-corrected chi connectivity index (χ2v) is 10.5. The number of alkyl halides is 3. The Morgan fingerprint density at radius 3 is 2.23 bits per heavy atom. The molecule has 0 unspecified atom stereocenters. The van der Waals surface area contributed by atoms with E-state index in [9.17, 15) is 21.6 Å². The Hall–Kier alpha value is -3.04. The summed E-state index contributed by atoms with van der Waals surface area (Å²) in [5, 5.41) is 0. The van der Waals surface area contributed by atoms with E-state index in [4.69, 9.17) is 0 Å². The predicted molar refractivity (Wildman–Crippen MR) is 129 cm³/mol. The minimum atomic E-state index is -4.87. The average molecular weight is 505 g/mol. The van der Waals surface area contributed by atoms with Crippen LogP contribution in [0.15, 0.2) is 83.8 Å². The third-order valence-electron chi connectivity index (χ3n) is 6.02. The van der Waals surface area contributed by atoms with Gasteiger partial charge < -0.3 is 4.74 Å². The Bertz CT molecular complexity index is 1220. The van der Waals surface area contributed by atoms with E-state index in [2.05, 4.69) is 9.64 Å². The zero-order chi connectivity index (χ0) is 25.1. The van der Waals surface area contributed by atoms with E-state index in [-0.39, 0.29) is 10.6 Å². The van der Waals surface area contributed by atoms with Gasteiger partial charge in [-0.2, -0.15) is 0 Å². The quantitative estimate of drug-likeness (QED) is 0.411. The van der Waals surface area contributed by atoms with Gasteiger partial charge in [-0.25, -0.2) is 8.42 Å². The highest BCUT2D eigenvalue weighted by Crippen LogP contribution is 2.34. The molecule has 1 aliphatic heterocycles. The molecule has 0 N–H and O–H groups in total. The number of sulfonamides is 1. The topological polar surface area (TPSA) is 49.9 Å². The number of hydrogen-bond acceptors (Lipinski definition) is 4. The molecular weight excluding hydrogens is 477 g/mol. The number of benzene rings is 3. The van der Waals surface area contributed by atoms with Gasteiger partial charge in [-0.3, -0.25) is 9.21 Å². The van der Waals surface area contributed by atoms with Gasteiger partial charge in [0.25, 0.3) is 10.0 Å². The van der Waals surface area contributed by atoms with Crippen molar-refractivity contribution in [3.8, 4) is 5.75 Å². The molecule has 0 spiro atoms. The summed E-state index contributed by atoms with van der Waals surface area (Å²) in [4.78, 5) is 2.35. The van der Waals surface area contributed by atoms with E-state index in [1.165, 1.54) is 34.1 Å². The van der Waals surface area contributed by atoms with E-state index >= 15 is 0 Å². The molecule has 0 bridgehead atoms.